The van der Waals surface area contributed by atoms with E-state index in [9.17, 15) is 0 Å². The van der Waals surface area contributed by atoms with E-state index in [0.717, 1.165) is 30.8 Å². The number of hydrogen-bond acceptors (Lipinski definition) is 2. The summed E-state index contributed by atoms with van der Waals surface area (Å²) >= 11 is 0. The molecule has 0 aliphatic heterocycles. The highest BCUT2D eigenvalue weighted by Gasteiger charge is 2.02. The van der Waals surface area contributed by atoms with Crippen molar-refractivity contribution in [2.24, 2.45) is 0 Å². The molecule has 0 saturated carbocycles. The van der Waals surface area contributed by atoms with Gasteiger partial charge in [-0.15, -0.1) is 0 Å². The molecule has 0 amide bonds. The molecular formula is C15H23NO. The van der Waals surface area contributed by atoms with E-state index in [2.05, 4.69) is 38.7 Å². The monoisotopic (exact) mass is 233 g/mol. The van der Waals surface area contributed by atoms with Crippen molar-refractivity contribution < 1.29 is 4.74 Å². The molecule has 0 spiro atoms. The summed E-state index contributed by atoms with van der Waals surface area (Å²) in [6.45, 7) is 12.8. The average molecular weight is 233 g/mol. The molecule has 0 aliphatic carbocycles. The second-order valence-corrected chi connectivity index (χ2v) is 4.41. The predicted octanol–water partition coefficient (Wildman–Crippen LogP) is 3.24. The number of benzene rings is 1. The molecule has 2 heteroatoms. The second kappa shape index (κ2) is 7.13. The van der Waals surface area contributed by atoms with Gasteiger partial charge >= 0.3 is 0 Å². The van der Waals surface area contributed by atoms with E-state index in [-0.39, 0.29) is 0 Å². The molecule has 0 saturated heterocycles. The van der Waals surface area contributed by atoms with Crippen LogP contribution in [-0.4, -0.2) is 19.7 Å². The quantitative estimate of drug-likeness (QED) is 0.576. The van der Waals surface area contributed by atoms with Crippen LogP contribution in [0.4, 0.5) is 0 Å². The molecule has 0 unspecified atom stereocenters. The Morgan fingerprint density at radius 2 is 2.12 bits per heavy atom. The van der Waals surface area contributed by atoms with Crippen molar-refractivity contribution in [3.63, 3.8) is 0 Å². The summed E-state index contributed by atoms with van der Waals surface area (Å²) in [7, 11) is 0. The summed E-state index contributed by atoms with van der Waals surface area (Å²) < 4.78 is 5.77. The minimum atomic E-state index is 0.584. The Labute approximate surface area is 105 Å². The van der Waals surface area contributed by atoms with Crippen molar-refractivity contribution in [3.05, 3.63) is 41.5 Å². The van der Waals surface area contributed by atoms with Crippen LogP contribution in [0.1, 0.15) is 24.5 Å². The first-order valence-electron chi connectivity index (χ1n) is 6.21. The summed E-state index contributed by atoms with van der Waals surface area (Å²) in [5.41, 5.74) is 3.55. The summed E-state index contributed by atoms with van der Waals surface area (Å²) in [6.07, 6.45) is 1.14. The van der Waals surface area contributed by atoms with E-state index in [0.29, 0.717) is 6.61 Å². The first-order valence-corrected chi connectivity index (χ1v) is 6.21. The molecule has 0 fully saturated rings. The van der Waals surface area contributed by atoms with Gasteiger partial charge in [0.25, 0.3) is 0 Å². The molecule has 1 aromatic carbocycles. The fourth-order valence-corrected chi connectivity index (χ4v) is 1.55. The highest BCUT2D eigenvalue weighted by Crippen LogP contribution is 2.20. The van der Waals surface area contributed by atoms with Gasteiger partial charge in [0.05, 0.1) is 0 Å². The van der Waals surface area contributed by atoms with Gasteiger partial charge in [0, 0.05) is 6.54 Å². The molecule has 17 heavy (non-hydrogen) atoms. The van der Waals surface area contributed by atoms with Crippen molar-refractivity contribution in [2.45, 2.75) is 27.2 Å². The zero-order chi connectivity index (χ0) is 12.7. The Morgan fingerprint density at radius 1 is 1.35 bits per heavy atom. The first-order chi connectivity index (χ1) is 8.15. The van der Waals surface area contributed by atoms with Gasteiger partial charge < -0.3 is 10.1 Å². The third-order valence-corrected chi connectivity index (χ3v) is 2.79. The van der Waals surface area contributed by atoms with Gasteiger partial charge in [0.15, 0.2) is 0 Å². The highest BCUT2D eigenvalue weighted by atomic mass is 16.5. The lowest BCUT2D eigenvalue weighted by Crippen LogP contribution is -2.20. The van der Waals surface area contributed by atoms with Crippen molar-refractivity contribution in [1.82, 2.24) is 5.32 Å². The fraction of sp³-hybridized carbons (Fsp3) is 0.467. The second-order valence-electron chi connectivity index (χ2n) is 4.41. The molecule has 2 nitrogen and oxygen atoms in total. The molecule has 0 radical (unpaired) electrons. The van der Waals surface area contributed by atoms with Crippen LogP contribution in [-0.2, 0) is 0 Å². The lowest BCUT2D eigenvalue weighted by molar-refractivity contribution is 0.345. The number of rotatable bonds is 7. The Hall–Kier alpha value is -1.28. The average Bonchev–Trinajstić information content (AvgIpc) is 2.31. The Kier molecular flexibility index (Phi) is 5.78. The topological polar surface area (TPSA) is 21.3 Å². The van der Waals surface area contributed by atoms with Crippen LogP contribution >= 0.6 is 0 Å². The number of nitrogens with one attached hydrogen (secondary N) is 1. The van der Waals surface area contributed by atoms with Crippen LogP contribution in [0.2, 0.25) is 0 Å². The van der Waals surface area contributed by atoms with E-state index in [4.69, 9.17) is 4.74 Å². The Balaban J connectivity index is 2.39. The maximum absolute atomic E-state index is 5.77. The largest absolute Gasteiger partial charge is 0.489 e. The molecule has 0 aromatic heterocycles. The molecule has 0 aliphatic rings. The lowest BCUT2D eigenvalue weighted by atomic mass is 10.1. The van der Waals surface area contributed by atoms with Crippen LogP contribution < -0.4 is 10.1 Å². The first kappa shape index (κ1) is 13.8. The van der Waals surface area contributed by atoms with Crippen molar-refractivity contribution in [3.8, 4) is 5.75 Å². The standard InChI is InChI=1S/C15H23NO/c1-5-9-16-10-12(2)11-17-15-8-6-7-13(3)14(15)4/h6-8,16H,2,5,9-11H2,1,3-4H3. The SMILES string of the molecule is C=C(CNCCC)COc1cccc(C)c1C. The summed E-state index contributed by atoms with van der Waals surface area (Å²) in [6, 6.07) is 6.13. The third kappa shape index (κ3) is 4.61. The van der Waals surface area contributed by atoms with Gasteiger partial charge in [-0.25, -0.2) is 0 Å². The van der Waals surface area contributed by atoms with Crippen LogP contribution in [0.25, 0.3) is 0 Å². The predicted molar refractivity (Wildman–Crippen MR) is 73.7 cm³/mol. The normalized spacial score (nSPS) is 10.3. The summed E-state index contributed by atoms with van der Waals surface area (Å²) in [5.74, 6) is 0.960. The molecule has 0 bridgehead atoms. The van der Waals surface area contributed by atoms with Gasteiger partial charge in [0.2, 0.25) is 0 Å². The van der Waals surface area contributed by atoms with E-state index in [1.54, 1.807) is 0 Å². The molecule has 1 rings (SSSR count). The van der Waals surface area contributed by atoms with Crippen LogP contribution in [0.3, 0.4) is 0 Å². The summed E-state index contributed by atoms with van der Waals surface area (Å²) in [4.78, 5) is 0. The lowest BCUT2D eigenvalue weighted by Gasteiger charge is -2.12. The number of ether oxygens (including phenoxy) is 1. The molecular weight excluding hydrogens is 210 g/mol. The van der Waals surface area contributed by atoms with Crippen LogP contribution in [0, 0.1) is 13.8 Å². The van der Waals surface area contributed by atoms with Gasteiger partial charge in [-0.05, 0) is 49.6 Å². The number of aryl methyl sites for hydroxylation is 1. The maximum atomic E-state index is 5.77. The molecule has 1 aromatic rings. The van der Waals surface area contributed by atoms with Crippen LogP contribution in [0.5, 0.6) is 5.75 Å². The van der Waals surface area contributed by atoms with E-state index < -0.39 is 0 Å². The zero-order valence-corrected chi connectivity index (χ0v) is 11.2. The third-order valence-electron chi connectivity index (χ3n) is 2.79. The zero-order valence-electron chi connectivity index (χ0n) is 11.2. The van der Waals surface area contributed by atoms with E-state index >= 15 is 0 Å². The molecule has 0 heterocycles. The van der Waals surface area contributed by atoms with Crippen LogP contribution in [0.15, 0.2) is 30.4 Å². The van der Waals surface area contributed by atoms with Gasteiger partial charge in [0.1, 0.15) is 12.4 Å². The fourth-order valence-electron chi connectivity index (χ4n) is 1.55. The smallest absolute Gasteiger partial charge is 0.122 e. The minimum Gasteiger partial charge on any atom is -0.489 e. The van der Waals surface area contributed by atoms with E-state index in [1.165, 1.54) is 11.1 Å². The maximum Gasteiger partial charge on any atom is 0.122 e. The molecule has 0 atom stereocenters. The van der Waals surface area contributed by atoms with Crippen molar-refractivity contribution in [2.75, 3.05) is 19.7 Å². The van der Waals surface area contributed by atoms with E-state index in [1.807, 2.05) is 12.1 Å². The Morgan fingerprint density at radius 3 is 2.82 bits per heavy atom. The Bertz CT molecular complexity index is 371. The highest BCUT2D eigenvalue weighted by molar-refractivity contribution is 5.38. The minimum absolute atomic E-state index is 0.584. The van der Waals surface area contributed by atoms with Gasteiger partial charge in [-0.1, -0.05) is 25.6 Å². The van der Waals surface area contributed by atoms with Crippen molar-refractivity contribution >= 4 is 0 Å². The molecule has 94 valence electrons. The van der Waals surface area contributed by atoms with Gasteiger partial charge in [-0.2, -0.15) is 0 Å². The molecule has 1 N–H and O–H groups in total. The number of hydrogen-bond donors (Lipinski definition) is 1. The van der Waals surface area contributed by atoms with Gasteiger partial charge in [-0.3, -0.25) is 0 Å². The van der Waals surface area contributed by atoms with Crippen molar-refractivity contribution in [1.29, 1.82) is 0 Å². The summed E-state index contributed by atoms with van der Waals surface area (Å²) in [5, 5.41) is 3.32.